The van der Waals surface area contributed by atoms with Gasteiger partial charge in [-0.2, -0.15) is 0 Å². The van der Waals surface area contributed by atoms with Crippen molar-refractivity contribution in [1.29, 1.82) is 0 Å². The molecule has 1 atom stereocenters. The van der Waals surface area contributed by atoms with Gasteiger partial charge >= 0.3 is 0 Å². The first kappa shape index (κ1) is 12.2. The number of phenolic OH excluding ortho intramolecular Hbond substituents is 1. The molecule has 0 amide bonds. The molecule has 0 unspecified atom stereocenters. The smallest absolute Gasteiger partial charge is 0.127 e. The Morgan fingerprint density at radius 2 is 1.71 bits per heavy atom. The highest BCUT2D eigenvalue weighted by Crippen LogP contribution is 2.50. The van der Waals surface area contributed by atoms with Gasteiger partial charge in [-0.1, -0.05) is 0 Å². The maximum Gasteiger partial charge on any atom is 0.127 e. The molecule has 0 aromatic heterocycles. The predicted molar refractivity (Wildman–Crippen MR) is 66.9 cm³/mol. The van der Waals surface area contributed by atoms with Crippen LogP contribution in [0.25, 0.3) is 0 Å². The van der Waals surface area contributed by atoms with Gasteiger partial charge in [0.05, 0.1) is 12.5 Å². The summed E-state index contributed by atoms with van der Waals surface area (Å²) in [5, 5.41) is 19.7. The predicted octanol–water partition coefficient (Wildman–Crippen LogP) is 2.56. The summed E-state index contributed by atoms with van der Waals surface area (Å²) in [7, 11) is 0. The average molecular weight is 236 g/mol. The van der Waals surface area contributed by atoms with E-state index in [0.717, 1.165) is 28.0 Å². The second kappa shape index (κ2) is 3.64. The van der Waals surface area contributed by atoms with Crippen molar-refractivity contribution in [2.24, 2.45) is 0 Å². The number of benzene rings is 1. The Kier molecular flexibility index (Phi) is 2.62. The highest BCUT2D eigenvalue weighted by Gasteiger charge is 2.43. The second-order valence-electron chi connectivity index (χ2n) is 5.41. The fourth-order valence-corrected chi connectivity index (χ4v) is 2.67. The Hall–Kier alpha value is -1.22. The molecular weight excluding hydrogens is 216 g/mol. The fraction of sp³-hybridized carbons (Fsp3) is 0.571. The molecule has 3 heteroatoms. The fourth-order valence-electron chi connectivity index (χ4n) is 2.67. The molecule has 2 N–H and O–H groups in total. The van der Waals surface area contributed by atoms with Crippen LogP contribution in [0.3, 0.4) is 0 Å². The third kappa shape index (κ3) is 1.53. The Bertz CT molecular complexity index is 475. The van der Waals surface area contributed by atoms with Gasteiger partial charge in [-0.3, -0.25) is 0 Å². The van der Waals surface area contributed by atoms with Crippen LogP contribution >= 0.6 is 0 Å². The minimum atomic E-state index is -0.424. The lowest BCUT2D eigenvalue weighted by atomic mass is 9.84. The van der Waals surface area contributed by atoms with Crippen LogP contribution in [0.1, 0.15) is 42.0 Å². The van der Waals surface area contributed by atoms with E-state index < -0.39 is 5.60 Å². The number of phenols is 1. The lowest BCUT2D eigenvalue weighted by molar-refractivity contribution is 0.0808. The van der Waals surface area contributed by atoms with Gasteiger partial charge in [0.1, 0.15) is 17.1 Å². The summed E-state index contributed by atoms with van der Waals surface area (Å²) >= 11 is 0. The topological polar surface area (TPSA) is 49.7 Å². The summed E-state index contributed by atoms with van der Waals surface area (Å²) in [6, 6.07) is 0. The molecule has 0 spiro atoms. The molecule has 0 aliphatic carbocycles. The molecule has 17 heavy (non-hydrogen) atoms. The molecule has 94 valence electrons. The zero-order valence-electron chi connectivity index (χ0n) is 11.1. The summed E-state index contributed by atoms with van der Waals surface area (Å²) in [6.45, 7) is 9.69. The van der Waals surface area contributed by atoms with Gasteiger partial charge in [0, 0.05) is 5.56 Å². The van der Waals surface area contributed by atoms with E-state index in [9.17, 15) is 10.2 Å². The number of fused-ring (bicyclic) bond motifs is 1. The number of aliphatic hydroxyl groups excluding tert-OH is 1. The van der Waals surface area contributed by atoms with Crippen LogP contribution in [0.2, 0.25) is 0 Å². The third-order valence-corrected chi connectivity index (χ3v) is 4.00. The van der Waals surface area contributed by atoms with Crippen molar-refractivity contribution in [2.45, 2.75) is 46.1 Å². The Morgan fingerprint density at radius 3 is 2.24 bits per heavy atom. The zero-order chi connectivity index (χ0) is 13.0. The van der Waals surface area contributed by atoms with E-state index in [0.29, 0.717) is 5.75 Å². The number of rotatable bonds is 1. The van der Waals surface area contributed by atoms with Crippen LogP contribution < -0.4 is 4.74 Å². The molecule has 0 saturated carbocycles. The monoisotopic (exact) mass is 236 g/mol. The van der Waals surface area contributed by atoms with Crippen molar-refractivity contribution in [1.82, 2.24) is 0 Å². The summed E-state index contributed by atoms with van der Waals surface area (Å²) in [5.41, 5.74) is 3.18. The Labute approximate surface area is 102 Å². The molecule has 0 saturated heterocycles. The minimum absolute atomic E-state index is 0.0305. The summed E-state index contributed by atoms with van der Waals surface area (Å²) in [5.74, 6) is 1.07. The molecule has 0 fully saturated rings. The van der Waals surface area contributed by atoms with Crippen molar-refractivity contribution >= 4 is 0 Å². The van der Waals surface area contributed by atoms with Crippen LogP contribution in [0.5, 0.6) is 11.5 Å². The van der Waals surface area contributed by atoms with Crippen LogP contribution in [0, 0.1) is 20.8 Å². The molecule has 0 bridgehead atoms. The first-order chi connectivity index (χ1) is 7.81. The number of hydrogen-bond acceptors (Lipinski definition) is 3. The number of hydrogen-bond donors (Lipinski definition) is 2. The second-order valence-corrected chi connectivity index (χ2v) is 5.41. The van der Waals surface area contributed by atoms with Gasteiger partial charge in [0.2, 0.25) is 0 Å². The number of aliphatic hydroxyl groups is 1. The van der Waals surface area contributed by atoms with E-state index in [-0.39, 0.29) is 12.5 Å². The van der Waals surface area contributed by atoms with Crippen LogP contribution in [-0.4, -0.2) is 22.4 Å². The van der Waals surface area contributed by atoms with E-state index in [2.05, 4.69) is 0 Å². The van der Waals surface area contributed by atoms with E-state index in [1.165, 1.54) is 0 Å². The first-order valence-electron chi connectivity index (χ1n) is 5.93. The molecule has 1 aromatic rings. The highest BCUT2D eigenvalue weighted by atomic mass is 16.5. The van der Waals surface area contributed by atoms with Gasteiger partial charge in [-0.05, 0) is 51.3 Å². The molecule has 3 nitrogen and oxygen atoms in total. The largest absolute Gasteiger partial charge is 0.507 e. The Balaban J connectivity index is 2.75. The van der Waals surface area contributed by atoms with Crippen molar-refractivity contribution < 1.29 is 14.9 Å². The molecule has 1 aromatic carbocycles. The number of aromatic hydroxyl groups is 1. The van der Waals surface area contributed by atoms with Crippen LogP contribution in [0.15, 0.2) is 0 Å². The van der Waals surface area contributed by atoms with E-state index in [1.54, 1.807) is 0 Å². The summed E-state index contributed by atoms with van der Waals surface area (Å²) in [4.78, 5) is 0. The average Bonchev–Trinajstić information content (AvgIpc) is 2.54. The maximum absolute atomic E-state index is 10.1. The van der Waals surface area contributed by atoms with Gasteiger partial charge in [-0.25, -0.2) is 0 Å². The van der Waals surface area contributed by atoms with Crippen molar-refractivity contribution in [3.05, 3.63) is 22.3 Å². The standard InChI is InChI=1S/C14H20O3/c1-7-8(2)13-11(9(3)12(7)16)10(6-15)14(4,5)17-13/h10,15-16H,6H2,1-5H3/t10-/m1/s1. The van der Waals surface area contributed by atoms with Crippen LogP contribution in [-0.2, 0) is 0 Å². The first-order valence-corrected chi connectivity index (χ1v) is 5.93. The minimum Gasteiger partial charge on any atom is -0.507 e. The van der Waals surface area contributed by atoms with Gasteiger partial charge < -0.3 is 14.9 Å². The summed E-state index contributed by atoms with van der Waals surface area (Å²) in [6.07, 6.45) is 0. The molecule has 2 rings (SSSR count). The van der Waals surface area contributed by atoms with Gasteiger partial charge in [-0.15, -0.1) is 0 Å². The van der Waals surface area contributed by atoms with Gasteiger partial charge in [0.25, 0.3) is 0 Å². The van der Waals surface area contributed by atoms with Crippen molar-refractivity contribution in [3.8, 4) is 11.5 Å². The third-order valence-electron chi connectivity index (χ3n) is 4.00. The maximum atomic E-state index is 10.1. The SMILES string of the molecule is Cc1c(C)c2c(c(C)c1O)[C@@H](CO)C(C)(C)O2. The molecular formula is C14H20O3. The lowest BCUT2D eigenvalue weighted by Crippen LogP contribution is -2.32. The van der Waals surface area contributed by atoms with E-state index in [1.807, 2.05) is 34.6 Å². The van der Waals surface area contributed by atoms with Gasteiger partial charge in [0.15, 0.2) is 0 Å². The van der Waals surface area contributed by atoms with E-state index >= 15 is 0 Å². The molecule has 0 radical (unpaired) electrons. The molecule has 1 aliphatic heterocycles. The molecule has 1 heterocycles. The highest BCUT2D eigenvalue weighted by molar-refractivity contribution is 5.61. The molecule has 1 aliphatic rings. The number of ether oxygens (including phenoxy) is 1. The summed E-state index contributed by atoms with van der Waals surface area (Å²) < 4.78 is 5.97. The quantitative estimate of drug-likeness (QED) is 0.788. The van der Waals surface area contributed by atoms with Crippen molar-refractivity contribution in [2.75, 3.05) is 6.61 Å². The lowest BCUT2D eigenvalue weighted by Gasteiger charge is -2.25. The Morgan fingerprint density at radius 1 is 1.12 bits per heavy atom. The van der Waals surface area contributed by atoms with E-state index in [4.69, 9.17) is 4.74 Å². The normalized spacial score (nSPS) is 21.2. The van der Waals surface area contributed by atoms with Crippen LogP contribution in [0.4, 0.5) is 0 Å². The van der Waals surface area contributed by atoms with Crippen molar-refractivity contribution in [3.63, 3.8) is 0 Å². The zero-order valence-corrected chi connectivity index (χ0v) is 11.1.